The molecule has 14 heavy (non-hydrogen) atoms. The zero-order valence-electron chi connectivity index (χ0n) is 7.57. The highest BCUT2D eigenvalue weighted by atomic mass is 19.1. The average Bonchev–Trinajstić information content (AvgIpc) is 2.77. The fourth-order valence-corrected chi connectivity index (χ4v) is 1.70. The van der Waals surface area contributed by atoms with E-state index in [1.807, 2.05) is 4.40 Å². The number of rotatable bonds is 1. The first-order valence-corrected chi connectivity index (χ1v) is 4.61. The minimum Gasteiger partial charge on any atom is -0.319 e. The van der Waals surface area contributed by atoms with Crippen molar-refractivity contribution in [1.29, 1.82) is 0 Å². The molecule has 0 aromatic carbocycles. The van der Waals surface area contributed by atoms with Crippen molar-refractivity contribution in [2.24, 2.45) is 5.73 Å². The van der Waals surface area contributed by atoms with Crippen molar-refractivity contribution in [3.63, 3.8) is 0 Å². The first kappa shape index (κ1) is 7.94. The molecule has 0 bridgehead atoms. The van der Waals surface area contributed by atoms with Gasteiger partial charge in [0.25, 0.3) is 0 Å². The maximum atomic E-state index is 12.9. The minimum atomic E-state index is -0.274. The van der Waals surface area contributed by atoms with E-state index in [0.717, 1.165) is 24.2 Å². The van der Waals surface area contributed by atoms with E-state index in [-0.39, 0.29) is 11.4 Å². The quantitative estimate of drug-likeness (QED) is 0.740. The Morgan fingerprint density at radius 2 is 2.29 bits per heavy atom. The van der Waals surface area contributed by atoms with Gasteiger partial charge in [0.15, 0.2) is 0 Å². The van der Waals surface area contributed by atoms with Crippen LogP contribution in [-0.2, 0) is 5.54 Å². The molecule has 3 nitrogen and oxygen atoms in total. The van der Waals surface area contributed by atoms with Crippen molar-refractivity contribution in [1.82, 2.24) is 9.38 Å². The second-order valence-corrected chi connectivity index (χ2v) is 3.88. The first-order chi connectivity index (χ1) is 6.69. The highest BCUT2D eigenvalue weighted by molar-refractivity contribution is 5.47. The number of hydrogen-bond acceptors (Lipinski definition) is 2. The zero-order valence-corrected chi connectivity index (χ0v) is 7.57. The van der Waals surface area contributed by atoms with Gasteiger partial charge in [-0.25, -0.2) is 9.37 Å². The number of hydrogen-bond donors (Lipinski definition) is 1. The van der Waals surface area contributed by atoms with E-state index in [4.69, 9.17) is 5.73 Å². The van der Waals surface area contributed by atoms with Crippen molar-refractivity contribution < 1.29 is 4.39 Å². The molecule has 0 unspecified atom stereocenters. The van der Waals surface area contributed by atoms with Gasteiger partial charge in [0.1, 0.15) is 11.6 Å². The van der Waals surface area contributed by atoms with E-state index >= 15 is 0 Å². The molecule has 1 aliphatic rings. The van der Waals surface area contributed by atoms with Crippen LogP contribution in [-0.4, -0.2) is 9.38 Å². The summed E-state index contributed by atoms with van der Waals surface area (Å²) in [4.78, 5) is 4.24. The molecule has 0 saturated heterocycles. The normalized spacial score (nSPS) is 18.7. The molecule has 1 saturated carbocycles. The molecule has 3 rings (SSSR count). The molecule has 2 heterocycles. The van der Waals surface area contributed by atoms with Crippen LogP contribution in [0.1, 0.15) is 18.7 Å². The fourth-order valence-electron chi connectivity index (χ4n) is 1.70. The molecule has 0 amide bonds. The molecule has 2 N–H and O–H groups in total. The van der Waals surface area contributed by atoms with Gasteiger partial charge in [-0.3, -0.25) is 0 Å². The molecular weight excluding hydrogens is 181 g/mol. The van der Waals surface area contributed by atoms with Crippen LogP contribution in [0, 0.1) is 5.82 Å². The number of fused-ring (bicyclic) bond motifs is 1. The molecule has 0 aliphatic heterocycles. The van der Waals surface area contributed by atoms with E-state index < -0.39 is 0 Å². The van der Waals surface area contributed by atoms with E-state index in [0.29, 0.717) is 0 Å². The van der Waals surface area contributed by atoms with Crippen molar-refractivity contribution in [2.45, 2.75) is 18.4 Å². The number of nitrogens with two attached hydrogens (primary N) is 1. The topological polar surface area (TPSA) is 43.3 Å². The maximum absolute atomic E-state index is 12.9. The predicted molar refractivity (Wildman–Crippen MR) is 50.2 cm³/mol. The monoisotopic (exact) mass is 191 g/mol. The summed E-state index contributed by atoms with van der Waals surface area (Å²) < 4.78 is 14.7. The highest BCUT2D eigenvalue weighted by Gasteiger charge is 2.43. The number of halogens is 1. The van der Waals surface area contributed by atoms with Crippen LogP contribution in [0.2, 0.25) is 0 Å². The van der Waals surface area contributed by atoms with E-state index in [9.17, 15) is 4.39 Å². The van der Waals surface area contributed by atoms with Crippen molar-refractivity contribution in [2.75, 3.05) is 0 Å². The summed E-state index contributed by atoms with van der Waals surface area (Å²) in [5.41, 5.74) is 6.53. The van der Waals surface area contributed by atoms with Gasteiger partial charge >= 0.3 is 0 Å². The van der Waals surface area contributed by atoms with Crippen LogP contribution in [0.3, 0.4) is 0 Å². The number of imidazole rings is 1. The Kier molecular flexibility index (Phi) is 1.32. The molecule has 4 heteroatoms. The van der Waals surface area contributed by atoms with Crippen LogP contribution in [0.4, 0.5) is 4.39 Å². The Morgan fingerprint density at radius 1 is 1.50 bits per heavy atom. The summed E-state index contributed by atoms with van der Waals surface area (Å²) in [7, 11) is 0. The van der Waals surface area contributed by atoms with E-state index in [1.54, 1.807) is 12.4 Å². The second kappa shape index (κ2) is 2.33. The van der Waals surface area contributed by atoms with Crippen LogP contribution >= 0.6 is 0 Å². The van der Waals surface area contributed by atoms with Crippen molar-refractivity contribution in [3.8, 4) is 0 Å². The standard InChI is InChI=1S/C10H10FN3/c11-7-1-4-14-8(5-7)6-13-9(14)10(12)2-3-10/h1,4-6H,2-3,12H2. The molecule has 0 spiro atoms. The lowest BCUT2D eigenvalue weighted by Crippen LogP contribution is -2.22. The van der Waals surface area contributed by atoms with E-state index in [1.165, 1.54) is 12.1 Å². The number of pyridine rings is 1. The molecule has 0 radical (unpaired) electrons. The Hall–Kier alpha value is -1.42. The van der Waals surface area contributed by atoms with Crippen molar-refractivity contribution >= 4 is 5.52 Å². The van der Waals surface area contributed by atoms with Crippen LogP contribution in [0.5, 0.6) is 0 Å². The Labute approximate surface area is 80.4 Å². The third kappa shape index (κ3) is 0.974. The predicted octanol–water partition coefficient (Wildman–Crippen LogP) is 1.42. The Balaban J connectivity index is 2.27. The van der Waals surface area contributed by atoms with Gasteiger partial charge in [0.2, 0.25) is 0 Å². The summed E-state index contributed by atoms with van der Waals surface area (Å²) >= 11 is 0. The second-order valence-electron chi connectivity index (χ2n) is 3.88. The molecule has 1 fully saturated rings. The minimum absolute atomic E-state index is 0.245. The lowest BCUT2D eigenvalue weighted by atomic mass is 10.3. The van der Waals surface area contributed by atoms with E-state index in [2.05, 4.69) is 4.98 Å². The molecule has 72 valence electrons. The van der Waals surface area contributed by atoms with Gasteiger partial charge in [-0.15, -0.1) is 0 Å². The summed E-state index contributed by atoms with van der Waals surface area (Å²) in [6.07, 6.45) is 5.26. The molecular formula is C10H10FN3. The SMILES string of the molecule is NC1(c2ncc3cc(F)ccn23)CC1. The maximum Gasteiger partial charge on any atom is 0.133 e. The molecule has 1 aliphatic carbocycles. The third-order valence-corrected chi connectivity index (χ3v) is 2.73. The Morgan fingerprint density at radius 3 is 3.00 bits per heavy atom. The lowest BCUT2D eigenvalue weighted by molar-refractivity contribution is 0.623. The summed E-state index contributed by atoms with van der Waals surface area (Å²) in [6.45, 7) is 0. The highest BCUT2D eigenvalue weighted by Crippen LogP contribution is 2.41. The van der Waals surface area contributed by atoms with Gasteiger partial charge in [0.05, 0.1) is 17.3 Å². The first-order valence-electron chi connectivity index (χ1n) is 4.61. The largest absolute Gasteiger partial charge is 0.319 e. The van der Waals surface area contributed by atoms with Gasteiger partial charge in [0, 0.05) is 6.20 Å². The number of nitrogens with zero attached hydrogens (tertiary/aromatic N) is 2. The fraction of sp³-hybridized carbons (Fsp3) is 0.300. The summed E-state index contributed by atoms with van der Waals surface area (Å²) in [6, 6.07) is 2.88. The van der Waals surface area contributed by atoms with Crippen LogP contribution < -0.4 is 5.73 Å². The molecule has 2 aromatic rings. The van der Waals surface area contributed by atoms with Crippen LogP contribution in [0.25, 0.3) is 5.52 Å². The smallest absolute Gasteiger partial charge is 0.133 e. The molecule has 2 aromatic heterocycles. The summed E-state index contributed by atoms with van der Waals surface area (Å²) in [5.74, 6) is 0.596. The van der Waals surface area contributed by atoms with Gasteiger partial charge in [-0.1, -0.05) is 0 Å². The molecule has 0 atom stereocenters. The lowest BCUT2D eigenvalue weighted by Gasteiger charge is -2.06. The summed E-state index contributed by atoms with van der Waals surface area (Å²) in [5, 5.41) is 0. The van der Waals surface area contributed by atoms with Crippen LogP contribution in [0.15, 0.2) is 24.5 Å². The zero-order chi connectivity index (χ0) is 9.76. The van der Waals surface area contributed by atoms with Gasteiger partial charge in [-0.05, 0) is 25.0 Å². The van der Waals surface area contributed by atoms with Gasteiger partial charge < -0.3 is 10.1 Å². The number of aromatic nitrogens is 2. The van der Waals surface area contributed by atoms with Crippen molar-refractivity contribution in [3.05, 3.63) is 36.2 Å². The van der Waals surface area contributed by atoms with Gasteiger partial charge in [-0.2, -0.15) is 0 Å². The third-order valence-electron chi connectivity index (χ3n) is 2.73. The average molecular weight is 191 g/mol. The Bertz CT molecular complexity index is 499.